The molecule has 3 aliphatic rings. The highest BCUT2D eigenvalue weighted by molar-refractivity contribution is 7.73. The summed E-state index contributed by atoms with van der Waals surface area (Å²) in [6.07, 6.45) is 4.69. The monoisotopic (exact) mass is 660 g/mol. The van der Waals surface area contributed by atoms with Crippen molar-refractivity contribution in [2.75, 3.05) is 45.6 Å². The number of primary amides is 1. The highest BCUT2D eigenvalue weighted by atomic mass is 31.2. The number of anilines is 1. The van der Waals surface area contributed by atoms with Crippen LogP contribution in [-0.4, -0.2) is 112 Å². The first kappa shape index (κ1) is 35.5. The van der Waals surface area contributed by atoms with Crippen LogP contribution in [-0.2, 0) is 19.2 Å². The standard InChI is InChI=1S/C33H46N3O9P/c1-16-17-13-14-18(35-19(37)12-10-8-7-9-11-15-46(4,5)6)26(38)21(17)27(39)22-20(16)28(40)24-25(36(2)3)29(41)23(32(34)44)31(43)33(24,45)30(22)42/h13-14,16,20,24-25,28,40,45H,7-12,15H2,1-6H3,(H5-,34,35,37,38,39,41,42,43,44)/p+1/t16-,20+,24+,25-,28-,33-/m0/s1. The number of nitrogens with zero attached hydrogens (tertiary/aromatic N) is 1. The second kappa shape index (κ2) is 13.1. The fraction of sp³-hybridized carbons (Fsp3) is 0.576. The number of nitrogens with two attached hydrogens (primary N) is 1. The number of aliphatic hydroxyl groups excluding tert-OH is 3. The molecule has 252 valence electrons. The van der Waals surface area contributed by atoms with Crippen molar-refractivity contribution in [1.82, 2.24) is 4.90 Å². The van der Waals surface area contributed by atoms with Crippen molar-refractivity contribution >= 4 is 42.1 Å². The lowest BCUT2D eigenvalue weighted by Crippen LogP contribution is -2.70. The van der Waals surface area contributed by atoms with Gasteiger partial charge < -0.3 is 36.6 Å². The first-order chi connectivity index (χ1) is 21.4. The van der Waals surface area contributed by atoms with Crippen molar-refractivity contribution < 1.29 is 44.7 Å². The van der Waals surface area contributed by atoms with Gasteiger partial charge >= 0.3 is 0 Å². The molecule has 1 saturated carbocycles. The number of aliphatic hydroxyl groups is 4. The molecule has 46 heavy (non-hydrogen) atoms. The van der Waals surface area contributed by atoms with E-state index < -0.39 is 88.7 Å². The number of aromatic hydroxyl groups is 1. The van der Waals surface area contributed by atoms with Crippen LogP contribution in [0.4, 0.5) is 5.69 Å². The zero-order valence-corrected chi connectivity index (χ0v) is 28.2. The zero-order chi connectivity index (χ0) is 34.5. The molecule has 0 aliphatic heterocycles. The third kappa shape index (κ3) is 6.08. The van der Waals surface area contributed by atoms with Gasteiger partial charge in [0.2, 0.25) is 11.7 Å². The number of phenolic OH excluding ortho intramolecular Hbond substituents is 1. The van der Waals surface area contributed by atoms with Gasteiger partial charge in [-0.3, -0.25) is 24.1 Å². The highest BCUT2D eigenvalue weighted by Crippen LogP contribution is 2.56. The number of phenols is 1. The van der Waals surface area contributed by atoms with E-state index in [1.807, 2.05) is 0 Å². The maximum absolute atomic E-state index is 14.1. The molecular formula is C33H47N3O9P+. The Morgan fingerprint density at radius 2 is 1.63 bits per heavy atom. The molecule has 12 nitrogen and oxygen atoms in total. The summed E-state index contributed by atoms with van der Waals surface area (Å²) in [5, 5.41) is 59.9. The normalized spacial score (nSPS) is 27.8. The number of ketones is 2. The zero-order valence-electron chi connectivity index (χ0n) is 27.3. The Hall–Kier alpha value is -3.31. The Morgan fingerprint density at radius 3 is 2.22 bits per heavy atom. The fourth-order valence-electron chi connectivity index (χ4n) is 7.33. The molecule has 0 radical (unpaired) electrons. The van der Waals surface area contributed by atoms with Crippen LogP contribution in [0.1, 0.15) is 62.5 Å². The van der Waals surface area contributed by atoms with E-state index in [0.29, 0.717) is 12.0 Å². The molecule has 0 aromatic heterocycles. The number of hydrogen-bond acceptors (Lipinski definition) is 10. The number of fused-ring (bicyclic) bond motifs is 3. The number of rotatable bonds is 11. The summed E-state index contributed by atoms with van der Waals surface area (Å²) < 4.78 is 0. The molecule has 1 fully saturated rings. The third-order valence-corrected chi connectivity index (χ3v) is 11.3. The largest absolute Gasteiger partial charge is 0.508 e. The lowest BCUT2D eigenvalue weighted by atomic mass is 9.54. The van der Waals surface area contributed by atoms with Gasteiger partial charge in [0.25, 0.3) is 5.91 Å². The van der Waals surface area contributed by atoms with Crippen molar-refractivity contribution in [1.29, 1.82) is 0 Å². The van der Waals surface area contributed by atoms with Crippen molar-refractivity contribution in [3.63, 3.8) is 0 Å². The third-order valence-electron chi connectivity index (χ3n) is 9.64. The van der Waals surface area contributed by atoms with Crippen molar-refractivity contribution in [2.45, 2.75) is 69.1 Å². The van der Waals surface area contributed by atoms with Crippen LogP contribution in [0, 0.1) is 11.8 Å². The Morgan fingerprint density at radius 1 is 1.02 bits per heavy atom. The number of Topliss-reactive ketones (excluding diaryl/α,β-unsaturated/α-hetero) is 2. The number of benzene rings is 1. The first-order valence-corrected chi connectivity index (χ1v) is 19.0. The van der Waals surface area contributed by atoms with Crippen LogP contribution in [0.25, 0.3) is 5.76 Å². The van der Waals surface area contributed by atoms with E-state index >= 15 is 0 Å². The van der Waals surface area contributed by atoms with E-state index in [0.717, 1.165) is 19.3 Å². The van der Waals surface area contributed by atoms with Gasteiger partial charge in [-0.05, 0) is 50.9 Å². The van der Waals surface area contributed by atoms with Crippen LogP contribution in [0.2, 0.25) is 0 Å². The molecule has 3 aliphatic carbocycles. The molecule has 0 spiro atoms. The van der Waals surface area contributed by atoms with Gasteiger partial charge in [0.15, 0.2) is 11.4 Å². The summed E-state index contributed by atoms with van der Waals surface area (Å²) in [5.74, 6) is -9.98. The minimum Gasteiger partial charge on any atom is -0.508 e. The topological polar surface area (TPSA) is 211 Å². The first-order valence-electron chi connectivity index (χ1n) is 15.6. The molecule has 4 rings (SSSR count). The molecule has 8 N–H and O–H groups in total. The lowest BCUT2D eigenvalue weighted by molar-refractivity contribution is -0.169. The molecule has 6 atom stereocenters. The second-order valence-corrected chi connectivity index (χ2v) is 19.1. The molecule has 0 saturated heterocycles. The number of carbonyl (C=O) groups is 4. The van der Waals surface area contributed by atoms with Gasteiger partial charge in [-0.1, -0.05) is 25.8 Å². The van der Waals surface area contributed by atoms with Crippen molar-refractivity contribution in [3.8, 4) is 5.75 Å². The average Bonchev–Trinajstić information content (AvgIpc) is 2.94. The summed E-state index contributed by atoms with van der Waals surface area (Å²) in [6, 6.07) is 1.62. The molecule has 0 unspecified atom stereocenters. The Bertz CT molecular complexity index is 1510. The van der Waals surface area contributed by atoms with E-state index in [2.05, 4.69) is 25.3 Å². The second-order valence-electron chi connectivity index (χ2n) is 14.1. The number of nitrogens with one attached hydrogen (secondary N) is 1. The van der Waals surface area contributed by atoms with E-state index in [-0.39, 0.29) is 23.6 Å². The van der Waals surface area contributed by atoms with Crippen molar-refractivity contribution in [2.24, 2.45) is 17.6 Å². The van der Waals surface area contributed by atoms with Crippen LogP contribution >= 0.6 is 7.26 Å². The van der Waals surface area contributed by atoms with E-state index in [1.165, 1.54) is 37.6 Å². The van der Waals surface area contributed by atoms with Crippen molar-refractivity contribution in [3.05, 3.63) is 40.2 Å². The minimum atomic E-state index is -2.99. The van der Waals surface area contributed by atoms with Crippen LogP contribution in [0.15, 0.2) is 29.0 Å². The summed E-state index contributed by atoms with van der Waals surface area (Å²) >= 11 is 0. The molecule has 0 heterocycles. The predicted octanol–water partition coefficient (Wildman–Crippen LogP) is 2.68. The smallest absolute Gasteiger partial charge is 0.255 e. The van der Waals surface area contributed by atoms with Gasteiger partial charge in [-0.2, -0.15) is 0 Å². The molecular weight excluding hydrogens is 613 g/mol. The van der Waals surface area contributed by atoms with E-state index in [9.17, 15) is 44.7 Å². The number of unbranched alkanes of at least 4 members (excludes halogenated alkanes) is 4. The van der Waals surface area contributed by atoms with Gasteiger partial charge in [-0.25, -0.2) is 0 Å². The number of hydrogen-bond donors (Lipinski definition) is 7. The molecule has 2 amide bonds. The quantitative estimate of drug-likeness (QED) is 0.0798. The van der Waals surface area contributed by atoms with E-state index in [1.54, 1.807) is 13.0 Å². The number of amides is 2. The lowest BCUT2D eigenvalue weighted by Gasteiger charge is -2.53. The SMILES string of the molecule is C[C@H]1c2ccc(NC(=O)CCCCCCC[P+](C)(C)C)c(O)c2C(O)=C2C(=O)[C@]3(O)C(O)=C(C(N)=O)C(=O)[C@@H](N(C)C)[C@@H]3[C@@H](O)[C@@H]21. The van der Waals surface area contributed by atoms with Gasteiger partial charge in [0, 0.05) is 45.2 Å². The summed E-state index contributed by atoms with van der Waals surface area (Å²) in [6.45, 7) is 8.61. The van der Waals surface area contributed by atoms with Gasteiger partial charge in [0.05, 0.1) is 35.5 Å². The maximum Gasteiger partial charge on any atom is 0.255 e. The van der Waals surface area contributed by atoms with Crippen LogP contribution in [0.3, 0.4) is 0 Å². The number of likely N-dealkylation sites (N-methyl/N-ethyl adjacent to an activating group) is 1. The molecule has 0 bridgehead atoms. The molecule has 13 heteroatoms. The summed E-state index contributed by atoms with van der Waals surface area (Å²) in [5.41, 5.74) is 1.10. The minimum absolute atomic E-state index is 0.00535. The fourth-order valence-corrected chi connectivity index (χ4v) is 8.50. The Kier molecular flexibility index (Phi) is 10.1. The molecule has 1 aromatic carbocycles. The van der Waals surface area contributed by atoms with Crippen LogP contribution < -0.4 is 11.1 Å². The Balaban J connectivity index is 1.64. The average molecular weight is 661 g/mol. The summed E-state index contributed by atoms with van der Waals surface area (Å²) in [4.78, 5) is 53.6. The Labute approximate surface area is 269 Å². The highest BCUT2D eigenvalue weighted by Gasteiger charge is 2.68. The van der Waals surface area contributed by atoms with Gasteiger partial charge in [-0.15, -0.1) is 0 Å². The van der Waals surface area contributed by atoms with E-state index in [4.69, 9.17) is 5.73 Å². The van der Waals surface area contributed by atoms with Crippen LogP contribution in [0.5, 0.6) is 5.75 Å². The molecule has 1 aromatic rings. The predicted molar refractivity (Wildman–Crippen MR) is 176 cm³/mol. The number of carbonyl (C=O) groups excluding carboxylic acids is 4. The maximum atomic E-state index is 14.1. The summed E-state index contributed by atoms with van der Waals surface area (Å²) in [7, 11) is 2.12. The van der Waals surface area contributed by atoms with Gasteiger partial charge in [0.1, 0.15) is 22.8 Å².